The summed E-state index contributed by atoms with van der Waals surface area (Å²) in [5.41, 5.74) is 8.71. The van der Waals surface area contributed by atoms with Crippen molar-refractivity contribution in [3.63, 3.8) is 0 Å². The first-order valence-electron chi connectivity index (χ1n) is 17.8. The van der Waals surface area contributed by atoms with Gasteiger partial charge in [0, 0.05) is 0 Å². The summed E-state index contributed by atoms with van der Waals surface area (Å²) in [6.45, 7) is 28.0. The van der Waals surface area contributed by atoms with E-state index in [-0.39, 0.29) is 21.7 Å². The van der Waals surface area contributed by atoms with Crippen molar-refractivity contribution in [1.82, 2.24) is 0 Å². The summed E-state index contributed by atoms with van der Waals surface area (Å²) in [6.07, 6.45) is 0. The molecule has 0 saturated carbocycles. The monoisotopic (exact) mass is 870 g/mol. The van der Waals surface area contributed by atoms with Crippen molar-refractivity contribution in [3.05, 3.63) is 155 Å². The molecular weight excluding hydrogens is 814 g/mol. The van der Waals surface area contributed by atoms with Gasteiger partial charge in [-0.25, -0.2) is 12.1 Å². The Balaban J connectivity index is 0.000000221. The molecule has 0 nitrogen and oxygen atoms in total. The van der Waals surface area contributed by atoms with Gasteiger partial charge in [0.25, 0.3) is 0 Å². The van der Waals surface area contributed by atoms with Crippen molar-refractivity contribution in [1.29, 1.82) is 0 Å². The maximum absolute atomic E-state index is 6.25. The molecule has 0 amide bonds. The van der Waals surface area contributed by atoms with Crippen LogP contribution in [0.25, 0.3) is 21.5 Å². The van der Waals surface area contributed by atoms with Gasteiger partial charge in [0.15, 0.2) is 0 Å². The molecule has 0 saturated heterocycles. The van der Waals surface area contributed by atoms with Crippen LogP contribution >= 0.6 is 17.2 Å². The largest absolute Gasteiger partial charge is 0.214 e. The van der Waals surface area contributed by atoms with E-state index in [2.05, 4.69) is 138 Å². The van der Waals surface area contributed by atoms with Gasteiger partial charge in [-0.1, -0.05) is 117 Å². The number of hydrogen-bond acceptors (Lipinski definition) is 0. The molecule has 0 unspecified atom stereocenters. The second-order valence-corrected chi connectivity index (χ2v) is 28.9. The summed E-state index contributed by atoms with van der Waals surface area (Å²) in [6, 6.07) is 42.6. The fourth-order valence-electron chi connectivity index (χ4n) is 6.50. The zero-order valence-corrected chi connectivity index (χ0v) is 37.4. The number of benzene rings is 4. The molecule has 0 spiro atoms. The average Bonchev–Trinajstić information content (AvgIpc) is 3.71. The second kappa shape index (κ2) is 16.0. The minimum Gasteiger partial charge on any atom is -0.214 e. The SMILES string of the molecule is CC(C)(C)c1cc2[cH-]c3cc(C(C)(C)C)c(C(C)(C)C)cc3c2cc1C(C)(C)C.[Cl][Hf]([Cl])=[C](c1ccccc1)c1ccccc1.c1cc[cH-]c1. The smallest absolute Gasteiger partial charge is 0.172 e. The van der Waals surface area contributed by atoms with Crippen LogP contribution < -0.4 is 0 Å². The van der Waals surface area contributed by atoms with Crippen molar-refractivity contribution < 1.29 is 18.6 Å². The number of hydrogen-bond donors (Lipinski definition) is 0. The van der Waals surface area contributed by atoms with Gasteiger partial charge in [-0.3, -0.25) is 0 Å². The van der Waals surface area contributed by atoms with Crippen molar-refractivity contribution in [2.75, 3.05) is 0 Å². The van der Waals surface area contributed by atoms with Crippen molar-refractivity contribution in [2.45, 2.75) is 105 Å². The molecule has 6 rings (SSSR count). The van der Waals surface area contributed by atoms with Gasteiger partial charge >= 0.3 is 111 Å². The maximum Gasteiger partial charge on any atom is -0.172 e. The van der Waals surface area contributed by atoms with Crippen LogP contribution in [-0.4, -0.2) is 3.26 Å². The van der Waals surface area contributed by atoms with E-state index < -0.39 is 18.6 Å². The molecule has 0 aromatic heterocycles. The molecule has 0 heterocycles. The van der Waals surface area contributed by atoms with Gasteiger partial charge in [-0.15, -0.1) is 39.7 Å². The van der Waals surface area contributed by atoms with Crippen LogP contribution in [0.1, 0.15) is 116 Å². The van der Waals surface area contributed by atoms with E-state index in [9.17, 15) is 0 Å². The predicted molar refractivity (Wildman–Crippen MR) is 222 cm³/mol. The van der Waals surface area contributed by atoms with Crippen LogP contribution in [0.5, 0.6) is 0 Å². The molecule has 50 heavy (non-hydrogen) atoms. The standard InChI is InChI=1S/C29H41.C13H10.C5H5.2ClH.Hf/c1-26(2,3)22-14-18-13-19-15-23(27(4,5)6)25(29(10,11)12)17-21(19)20(18)16-24(22)28(7,8)9;1-3-7-12(8-4-1)11-13-9-5-2-6-10-13;1-2-4-5-3-1;;;/h13-17H,1-12H3;1-10H;1-5H;2*1H;/q-1;;-1;;;+2/p-2. The molecule has 264 valence electrons. The Labute approximate surface area is 317 Å². The molecule has 0 atom stereocenters. The molecule has 0 aliphatic carbocycles. The van der Waals surface area contributed by atoms with E-state index in [1.807, 2.05) is 66.7 Å². The summed E-state index contributed by atoms with van der Waals surface area (Å²) in [4.78, 5) is 0. The summed E-state index contributed by atoms with van der Waals surface area (Å²) < 4.78 is 1.16. The Morgan fingerprint density at radius 3 is 1.04 bits per heavy atom. The average molecular weight is 870 g/mol. The summed E-state index contributed by atoms with van der Waals surface area (Å²) in [7, 11) is 12.5. The molecule has 6 aromatic rings. The van der Waals surface area contributed by atoms with E-state index in [0.29, 0.717) is 0 Å². The molecular formula is C47H56Cl2Hf-2. The normalized spacial score (nSPS) is 12.2. The van der Waals surface area contributed by atoms with E-state index in [0.717, 1.165) is 14.4 Å². The third kappa shape index (κ3) is 10.1. The van der Waals surface area contributed by atoms with Gasteiger partial charge in [0.2, 0.25) is 0 Å². The molecule has 0 N–H and O–H groups in total. The fourth-order valence-corrected chi connectivity index (χ4v) is 12.8. The van der Waals surface area contributed by atoms with Crippen molar-refractivity contribution in [3.8, 4) is 0 Å². The first kappa shape index (κ1) is 40.2. The number of fused-ring (bicyclic) bond motifs is 3. The predicted octanol–water partition coefficient (Wildman–Crippen LogP) is 14.5. The topological polar surface area (TPSA) is 0 Å². The van der Waals surface area contributed by atoms with E-state index >= 15 is 0 Å². The Hall–Kier alpha value is -2.58. The van der Waals surface area contributed by atoms with Crippen LogP contribution in [0.15, 0.2) is 121 Å². The fraction of sp³-hybridized carbons (Fsp3) is 0.340. The van der Waals surface area contributed by atoms with Crippen LogP contribution in [-0.2, 0) is 40.2 Å². The van der Waals surface area contributed by atoms with E-state index in [1.165, 1.54) is 43.8 Å². The Morgan fingerprint density at radius 1 is 0.460 bits per heavy atom. The van der Waals surface area contributed by atoms with Crippen molar-refractivity contribution >= 4 is 42.0 Å². The minimum atomic E-state index is -2.60. The first-order chi connectivity index (χ1) is 23.2. The Morgan fingerprint density at radius 2 is 0.780 bits per heavy atom. The molecule has 3 heteroatoms. The van der Waals surface area contributed by atoms with Gasteiger partial charge < -0.3 is 0 Å². The molecule has 0 bridgehead atoms. The van der Waals surface area contributed by atoms with Crippen LogP contribution in [0.3, 0.4) is 0 Å². The molecule has 0 aliphatic rings. The summed E-state index contributed by atoms with van der Waals surface area (Å²) in [5.74, 6) is 0. The van der Waals surface area contributed by atoms with Crippen molar-refractivity contribution in [2.24, 2.45) is 0 Å². The molecule has 0 aliphatic heterocycles. The van der Waals surface area contributed by atoms with E-state index in [1.54, 1.807) is 0 Å². The zero-order chi connectivity index (χ0) is 37.1. The maximum atomic E-state index is 6.25. The molecule has 0 fully saturated rings. The second-order valence-electron chi connectivity index (χ2n) is 17.4. The van der Waals surface area contributed by atoms with E-state index in [4.69, 9.17) is 17.2 Å². The first-order valence-corrected chi connectivity index (χ1v) is 28.5. The summed E-state index contributed by atoms with van der Waals surface area (Å²) >= 11 is -2.60. The molecule has 0 radical (unpaired) electrons. The van der Waals surface area contributed by atoms with Gasteiger partial charge in [0.05, 0.1) is 0 Å². The summed E-state index contributed by atoms with van der Waals surface area (Å²) in [5, 5.41) is 5.57. The quantitative estimate of drug-likeness (QED) is 0.120. The van der Waals surface area contributed by atoms with Gasteiger partial charge in [-0.2, -0.15) is 18.2 Å². The third-order valence-corrected chi connectivity index (χ3v) is 15.6. The van der Waals surface area contributed by atoms with Crippen LogP contribution in [0.4, 0.5) is 0 Å². The third-order valence-electron chi connectivity index (χ3n) is 9.08. The number of halogens is 2. The zero-order valence-electron chi connectivity index (χ0n) is 32.3. The van der Waals surface area contributed by atoms with Crippen LogP contribution in [0, 0.1) is 0 Å². The molecule has 6 aromatic carbocycles. The number of rotatable bonds is 2. The van der Waals surface area contributed by atoms with Crippen LogP contribution in [0.2, 0.25) is 0 Å². The Bertz CT molecular complexity index is 1870. The van der Waals surface area contributed by atoms with Gasteiger partial charge in [-0.05, 0) is 21.7 Å². The minimum absolute atomic E-state index is 0.124. The van der Waals surface area contributed by atoms with Gasteiger partial charge in [0.1, 0.15) is 0 Å². The Kier molecular flexibility index (Phi) is 12.8.